The number of alkyl carbamates (subject to hydrolysis) is 1. The number of nitrogens with one attached hydrogen (secondary N) is 4. The topological polar surface area (TPSA) is 175 Å². The first-order valence-corrected chi connectivity index (χ1v) is 22.0. The van der Waals surface area contributed by atoms with Gasteiger partial charge in [-0.05, 0) is 77.8 Å². The van der Waals surface area contributed by atoms with Crippen molar-refractivity contribution in [3.05, 3.63) is 108 Å². The zero-order valence-electron chi connectivity index (χ0n) is 36.1. The molecule has 1 aliphatic carbocycles. The van der Waals surface area contributed by atoms with Crippen molar-refractivity contribution in [1.82, 2.24) is 40.4 Å². The minimum absolute atomic E-state index is 0.00524. The molecule has 1 saturated carbocycles. The molecule has 6 aromatic rings. The van der Waals surface area contributed by atoms with Gasteiger partial charge in [0, 0.05) is 37.4 Å². The van der Waals surface area contributed by atoms with Crippen molar-refractivity contribution in [2.24, 2.45) is 17.8 Å². The van der Waals surface area contributed by atoms with Crippen LogP contribution in [0.4, 0.5) is 4.79 Å². The number of rotatable bonds is 13. The van der Waals surface area contributed by atoms with E-state index < -0.39 is 18.2 Å². The predicted octanol–water partition coefficient (Wildman–Crippen LogP) is 7.62. The lowest BCUT2D eigenvalue weighted by atomic mass is 9.99. The summed E-state index contributed by atoms with van der Waals surface area (Å²) in [5.41, 5.74) is 6.46. The maximum Gasteiger partial charge on any atom is 0.407 e. The molecule has 3 aliphatic rings. The van der Waals surface area contributed by atoms with Crippen molar-refractivity contribution in [3.8, 4) is 22.4 Å². The summed E-state index contributed by atoms with van der Waals surface area (Å²) >= 11 is 0. The molecule has 0 spiro atoms. The Morgan fingerprint density at radius 2 is 1.57 bits per heavy atom. The molecule has 2 aliphatic heterocycles. The van der Waals surface area contributed by atoms with Crippen molar-refractivity contribution in [1.29, 1.82) is 0 Å². The molecule has 14 heteroatoms. The van der Waals surface area contributed by atoms with E-state index in [9.17, 15) is 19.2 Å². The summed E-state index contributed by atoms with van der Waals surface area (Å²) < 4.78 is 10.3. The number of aromatic nitrogens is 4. The van der Waals surface area contributed by atoms with Crippen LogP contribution in [0.1, 0.15) is 81.3 Å². The molecule has 63 heavy (non-hydrogen) atoms. The molecule has 0 unspecified atom stereocenters. The first-order valence-electron chi connectivity index (χ1n) is 22.0. The molecule has 4 aromatic carbocycles. The summed E-state index contributed by atoms with van der Waals surface area (Å²) in [6, 6.07) is 26.3. The molecule has 5 atom stereocenters. The number of methoxy groups -OCH3 is 2. The van der Waals surface area contributed by atoms with Crippen LogP contribution in [0.3, 0.4) is 0 Å². The van der Waals surface area contributed by atoms with E-state index in [-0.39, 0.29) is 47.6 Å². The number of ether oxygens (including phenoxy) is 2. The van der Waals surface area contributed by atoms with Gasteiger partial charge in [0.15, 0.2) is 0 Å². The first kappa shape index (κ1) is 41.8. The normalized spacial score (nSPS) is 19.7. The number of fused-ring (bicyclic) bond motifs is 3. The van der Waals surface area contributed by atoms with Gasteiger partial charge >= 0.3 is 6.09 Å². The lowest BCUT2D eigenvalue weighted by molar-refractivity contribution is -0.138. The van der Waals surface area contributed by atoms with Crippen molar-refractivity contribution < 1.29 is 28.7 Å². The Hall–Kier alpha value is -6.54. The largest absolute Gasteiger partial charge is 0.453 e. The maximum atomic E-state index is 14.1. The van der Waals surface area contributed by atoms with E-state index >= 15 is 0 Å². The quantitative estimate of drug-likeness (QED) is 0.0918. The van der Waals surface area contributed by atoms with Crippen LogP contribution >= 0.6 is 0 Å². The van der Waals surface area contributed by atoms with Crippen LogP contribution in [0.5, 0.6) is 0 Å². The maximum absolute atomic E-state index is 14.1. The Morgan fingerprint density at radius 1 is 0.810 bits per heavy atom. The monoisotopic (exact) mass is 850 g/mol. The van der Waals surface area contributed by atoms with Crippen LogP contribution in [0.2, 0.25) is 0 Å². The highest BCUT2D eigenvalue weighted by atomic mass is 16.5. The highest BCUT2D eigenvalue weighted by Crippen LogP contribution is 2.39. The molecule has 2 aromatic heterocycles. The van der Waals surface area contributed by atoms with Crippen molar-refractivity contribution in [2.75, 3.05) is 33.9 Å². The van der Waals surface area contributed by atoms with Gasteiger partial charge in [0.1, 0.15) is 23.7 Å². The second-order valence-electron chi connectivity index (χ2n) is 17.5. The van der Waals surface area contributed by atoms with Crippen molar-refractivity contribution in [3.63, 3.8) is 0 Å². The average Bonchev–Trinajstić information content (AvgIpc) is 3.66. The average molecular weight is 851 g/mol. The second-order valence-corrected chi connectivity index (χ2v) is 17.5. The highest BCUT2D eigenvalue weighted by molar-refractivity contribution is 6.05. The van der Waals surface area contributed by atoms with Crippen LogP contribution in [0.15, 0.2) is 91.1 Å². The third-order valence-electron chi connectivity index (χ3n) is 12.9. The molecule has 3 fully saturated rings. The molecule has 326 valence electrons. The molecule has 4 amide bonds. The molecule has 0 bridgehead atoms. The molecule has 0 radical (unpaired) electrons. The summed E-state index contributed by atoms with van der Waals surface area (Å²) in [6.07, 6.45) is 5.23. The molecule has 9 rings (SSSR count). The van der Waals surface area contributed by atoms with E-state index in [0.717, 1.165) is 81.3 Å². The standard InChI is InChI=1S/C49H54N8O6/c1-28(2)41(55-49(61)63-4)47(59)57-26-29(27-62-3)23-40(57)45-51-37-21-19-35-24-34(18-20-36(35)43(37)53-45)30-12-14-31(15-13-30)38-25-50-44(52-38)39-11-8-22-56(39)48(60)42(32-9-6-5-7-10-32)54-46(58)33-16-17-33/h5-7,9-10,12-15,18-21,24-25,28-29,33,39-42H,8,11,16-17,22-23,26-27H2,1-4H3,(H,50,52)(H,51,53)(H,54,58)(H,55,61)/t29-,39-,40-,41-,42+/m0/s1. The number of carbonyl (C=O) groups is 4. The Morgan fingerprint density at radius 3 is 2.30 bits per heavy atom. The van der Waals surface area contributed by atoms with Crippen LogP contribution in [-0.4, -0.2) is 93.5 Å². The number of amides is 4. The van der Waals surface area contributed by atoms with Crippen LogP contribution in [0.25, 0.3) is 44.2 Å². The smallest absolute Gasteiger partial charge is 0.407 e. The minimum atomic E-state index is -0.747. The number of benzene rings is 4. The summed E-state index contributed by atoms with van der Waals surface area (Å²) in [5, 5.41) is 7.86. The van der Waals surface area contributed by atoms with E-state index in [1.165, 1.54) is 7.11 Å². The molecule has 14 nitrogen and oxygen atoms in total. The first-order chi connectivity index (χ1) is 30.6. The summed E-state index contributed by atoms with van der Waals surface area (Å²) in [7, 11) is 2.96. The van der Waals surface area contributed by atoms with Gasteiger partial charge in [-0.25, -0.2) is 14.8 Å². The number of likely N-dealkylation sites (tertiary alicyclic amines) is 2. The molecular formula is C49H54N8O6. The lowest BCUT2D eigenvalue weighted by Crippen LogP contribution is -2.51. The van der Waals surface area contributed by atoms with E-state index in [4.69, 9.17) is 19.4 Å². The number of hydrogen-bond donors (Lipinski definition) is 4. The van der Waals surface area contributed by atoms with Crippen molar-refractivity contribution >= 4 is 45.6 Å². The summed E-state index contributed by atoms with van der Waals surface area (Å²) in [4.78, 5) is 73.7. The molecule has 2 saturated heterocycles. The minimum Gasteiger partial charge on any atom is -0.453 e. The third-order valence-corrected chi connectivity index (χ3v) is 12.9. The fourth-order valence-corrected chi connectivity index (χ4v) is 9.34. The fourth-order valence-electron chi connectivity index (χ4n) is 9.34. The van der Waals surface area contributed by atoms with Gasteiger partial charge in [0.25, 0.3) is 0 Å². The van der Waals surface area contributed by atoms with Crippen LogP contribution in [0, 0.1) is 17.8 Å². The van der Waals surface area contributed by atoms with Gasteiger partial charge in [-0.1, -0.05) is 86.6 Å². The Kier molecular flexibility index (Phi) is 11.7. The van der Waals surface area contributed by atoms with Gasteiger partial charge < -0.3 is 39.9 Å². The van der Waals surface area contributed by atoms with Gasteiger partial charge in [-0.2, -0.15) is 0 Å². The lowest BCUT2D eigenvalue weighted by Gasteiger charge is -2.30. The summed E-state index contributed by atoms with van der Waals surface area (Å²) in [5.74, 6) is 1.05. The summed E-state index contributed by atoms with van der Waals surface area (Å²) in [6.45, 7) is 5.40. The van der Waals surface area contributed by atoms with Gasteiger partial charge in [0.05, 0.1) is 48.7 Å². The van der Waals surface area contributed by atoms with Gasteiger partial charge in [0.2, 0.25) is 17.7 Å². The second kappa shape index (κ2) is 17.7. The fraction of sp³-hybridized carbons (Fsp3) is 0.388. The van der Waals surface area contributed by atoms with Gasteiger partial charge in [-0.3, -0.25) is 14.4 Å². The molecule has 4 N–H and O–H groups in total. The highest BCUT2D eigenvalue weighted by Gasteiger charge is 2.42. The van der Waals surface area contributed by atoms with E-state index in [1.807, 2.05) is 66.2 Å². The SMILES string of the molecule is COC[C@H]1C[C@@H](c2nc3ccc4cc(-c5ccc(-c6cnc([C@@H]7CCCN7C(=O)[C@H](NC(=O)C7CC7)c7ccccc7)[nH]6)cc5)ccc4c3[nH]2)N(C(=O)[C@@H](NC(=O)OC)C(C)C)C1. The van der Waals surface area contributed by atoms with Crippen LogP contribution in [-0.2, 0) is 23.9 Å². The van der Waals surface area contributed by atoms with Crippen LogP contribution < -0.4 is 10.6 Å². The zero-order chi connectivity index (χ0) is 43.8. The number of imidazole rings is 2. The van der Waals surface area contributed by atoms with Gasteiger partial charge in [-0.15, -0.1) is 0 Å². The number of carbonyl (C=O) groups excluding carboxylic acids is 4. The molecule has 4 heterocycles. The Labute approximate surface area is 366 Å². The zero-order valence-corrected chi connectivity index (χ0v) is 36.1. The number of nitrogens with zero attached hydrogens (tertiary/aromatic N) is 4. The van der Waals surface area contributed by atoms with E-state index in [2.05, 4.69) is 69.1 Å². The van der Waals surface area contributed by atoms with Crippen molar-refractivity contribution in [2.45, 2.75) is 70.1 Å². The van der Waals surface area contributed by atoms with E-state index in [0.29, 0.717) is 31.9 Å². The Balaban J connectivity index is 0.919. The van der Waals surface area contributed by atoms with E-state index in [1.54, 1.807) is 7.11 Å². The number of aromatic amines is 2. The predicted molar refractivity (Wildman–Crippen MR) is 239 cm³/mol. The third kappa shape index (κ3) is 8.51. The molecular weight excluding hydrogens is 797 g/mol. The number of hydrogen-bond acceptors (Lipinski definition) is 8. The number of H-pyrrole nitrogens is 2. The Bertz CT molecular complexity index is 2640.